The van der Waals surface area contributed by atoms with Gasteiger partial charge in [0.25, 0.3) is 5.91 Å². The van der Waals surface area contributed by atoms with Gasteiger partial charge in [-0.3, -0.25) is 9.78 Å². The molecule has 0 saturated carbocycles. The molecule has 104 valence electrons. The molecule has 0 atom stereocenters. The first-order valence-corrected chi connectivity index (χ1v) is 6.50. The molecule has 20 heavy (non-hydrogen) atoms. The van der Waals surface area contributed by atoms with Crippen molar-refractivity contribution in [3.8, 4) is 11.1 Å². The minimum Gasteiger partial charge on any atom is -0.350 e. The zero-order chi connectivity index (χ0) is 14.7. The number of aryl methyl sites for hydroxylation is 1. The van der Waals surface area contributed by atoms with E-state index in [1.807, 2.05) is 26.8 Å². The van der Waals surface area contributed by atoms with Crippen molar-refractivity contribution >= 4 is 5.91 Å². The van der Waals surface area contributed by atoms with Crippen LogP contribution in [0.1, 0.15) is 29.8 Å². The van der Waals surface area contributed by atoms with E-state index in [9.17, 15) is 9.18 Å². The molecular weight excluding hydrogens is 255 g/mol. The van der Waals surface area contributed by atoms with Crippen LogP contribution in [0.15, 0.2) is 36.7 Å². The Morgan fingerprint density at radius 1 is 1.25 bits per heavy atom. The number of carbonyl (C=O) groups excluding carboxylic acids is 1. The maximum Gasteiger partial charge on any atom is 0.253 e. The summed E-state index contributed by atoms with van der Waals surface area (Å²) in [4.78, 5) is 16.0. The van der Waals surface area contributed by atoms with E-state index >= 15 is 0 Å². The number of carbonyl (C=O) groups is 1. The Labute approximate surface area is 117 Å². The molecule has 1 aromatic heterocycles. The van der Waals surface area contributed by atoms with Crippen LogP contribution in [0.4, 0.5) is 4.39 Å². The first-order valence-electron chi connectivity index (χ1n) is 6.50. The van der Waals surface area contributed by atoms with E-state index in [1.54, 1.807) is 18.3 Å². The Hall–Kier alpha value is -2.23. The third-order valence-corrected chi connectivity index (χ3v) is 2.86. The van der Waals surface area contributed by atoms with Crippen molar-refractivity contribution in [1.82, 2.24) is 10.3 Å². The van der Waals surface area contributed by atoms with Crippen molar-refractivity contribution in [1.29, 1.82) is 0 Å². The SMILES string of the molecule is Cc1ccc(-c2cncc(C(=O)NC(C)C)c2)c(F)c1. The fourth-order valence-corrected chi connectivity index (χ4v) is 1.91. The van der Waals surface area contributed by atoms with Gasteiger partial charge in [0.05, 0.1) is 5.56 Å². The summed E-state index contributed by atoms with van der Waals surface area (Å²) in [5, 5.41) is 2.79. The number of hydrogen-bond acceptors (Lipinski definition) is 2. The van der Waals surface area contributed by atoms with Crippen LogP contribution in [0, 0.1) is 12.7 Å². The molecule has 2 aromatic rings. The second-order valence-corrected chi connectivity index (χ2v) is 5.07. The minimum absolute atomic E-state index is 0.0438. The van der Waals surface area contributed by atoms with Gasteiger partial charge in [-0.15, -0.1) is 0 Å². The van der Waals surface area contributed by atoms with Crippen molar-refractivity contribution in [3.05, 3.63) is 53.6 Å². The molecule has 1 aromatic carbocycles. The van der Waals surface area contributed by atoms with E-state index in [0.717, 1.165) is 5.56 Å². The van der Waals surface area contributed by atoms with Crippen LogP contribution in [-0.2, 0) is 0 Å². The van der Waals surface area contributed by atoms with Crippen molar-refractivity contribution in [3.63, 3.8) is 0 Å². The average Bonchev–Trinajstić information content (AvgIpc) is 2.38. The molecule has 0 radical (unpaired) electrons. The average molecular weight is 272 g/mol. The highest BCUT2D eigenvalue weighted by Gasteiger charge is 2.11. The predicted octanol–water partition coefficient (Wildman–Crippen LogP) is 3.33. The number of halogens is 1. The molecular formula is C16H17FN2O. The number of aromatic nitrogens is 1. The number of benzene rings is 1. The van der Waals surface area contributed by atoms with Crippen LogP contribution in [0.25, 0.3) is 11.1 Å². The van der Waals surface area contributed by atoms with E-state index in [4.69, 9.17) is 0 Å². The Balaban J connectivity index is 2.36. The number of hydrogen-bond donors (Lipinski definition) is 1. The zero-order valence-corrected chi connectivity index (χ0v) is 11.8. The lowest BCUT2D eigenvalue weighted by atomic mass is 10.0. The Morgan fingerprint density at radius 3 is 2.65 bits per heavy atom. The summed E-state index contributed by atoms with van der Waals surface area (Å²) in [6, 6.07) is 6.70. The molecule has 0 fully saturated rings. The van der Waals surface area contributed by atoms with Crippen LogP contribution in [-0.4, -0.2) is 16.9 Å². The van der Waals surface area contributed by atoms with Gasteiger partial charge < -0.3 is 5.32 Å². The topological polar surface area (TPSA) is 42.0 Å². The molecule has 1 N–H and O–H groups in total. The molecule has 0 aliphatic carbocycles. The quantitative estimate of drug-likeness (QED) is 0.931. The summed E-state index contributed by atoms with van der Waals surface area (Å²) in [7, 11) is 0. The monoisotopic (exact) mass is 272 g/mol. The lowest BCUT2D eigenvalue weighted by Crippen LogP contribution is -2.30. The molecule has 0 bridgehead atoms. The normalized spacial score (nSPS) is 10.7. The Morgan fingerprint density at radius 2 is 2.00 bits per heavy atom. The number of rotatable bonds is 3. The van der Waals surface area contributed by atoms with Gasteiger partial charge in [-0.05, 0) is 38.5 Å². The molecule has 0 aliphatic rings. The molecule has 3 nitrogen and oxygen atoms in total. The van der Waals surface area contributed by atoms with E-state index in [2.05, 4.69) is 10.3 Å². The molecule has 0 saturated heterocycles. The van der Waals surface area contributed by atoms with Gasteiger partial charge in [0.15, 0.2) is 0 Å². The number of nitrogens with one attached hydrogen (secondary N) is 1. The van der Waals surface area contributed by atoms with Gasteiger partial charge in [-0.25, -0.2) is 4.39 Å². The summed E-state index contributed by atoms with van der Waals surface area (Å²) in [5.74, 6) is -0.518. The second-order valence-electron chi connectivity index (χ2n) is 5.07. The summed E-state index contributed by atoms with van der Waals surface area (Å²) in [5.41, 5.74) is 2.32. The molecule has 0 aliphatic heterocycles. The second kappa shape index (κ2) is 5.82. The maximum atomic E-state index is 14.0. The first kappa shape index (κ1) is 14.2. The van der Waals surface area contributed by atoms with Crippen molar-refractivity contribution in [2.75, 3.05) is 0 Å². The summed E-state index contributed by atoms with van der Waals surface area (Å²) in [6.07, 6.45) is 3.03. The van der Waals surface area contributed by atoms with Crippen LogP contribution in [0.2, 0.25) is 0 Å². The standard InChI is InChI=1S/C16H17FN2O/c1-10(2)19-16(20)13-7-12(8-18-9-13)14-5-4-11(3)6-15(14)17/h4-10H,1-3H3,(H,19,20). The smallest absolute Gasteiger partial charge is 0.253 e. The lowest BCUT2D eigenvalue weighted by molar-refractivity contribution is 0.0943. The zero-order valence-electron chi connectivity index (χ0n) is 11.8. The number of pyridine rings is 1. The van der Waals surface area contributed by atoms with E-state index < -0.39 is 0 Å². The van der Waals surface area contributed by atoms with Crippen LogP contribution in [0.3, 0.4) is 0 Å². The van der Waals surface area contributed by atoms with Gasteiger partial charge in [0.2, 0.25) is 0 Å². The van der Waals surface area contributed by atoms with E-state index in [0.29, 0.717) is 16.7 Å². The molecule has 2 rings (SSSR count). The maximum absolute atomic E-state index is 14.0. The molecule has 0 unspecified atom stereocenters. The summed E-state index contributed by atoms with van der Waals surface area (Å²) in [6.45, 7) is 5.60. The number of nitrogens with zero attached hydrogens (tertiary/aromatic N) is 1. The molecule has 4 heteroatoms. The molecule has 1 amide bonds. The summed E-state index contributed by atoms with van der Waals surface area (Å²) >= 11 is 0. The van der Waals surface area contributed by atoms with Gasteiger partial charge in [-0.1, -0.05) is 12.1 Å². The van der Waals surface area contributed by atoms with Crippen molar-refractivity contribution in [2.45, 2.75) is 26.8 Å². The van der Waals surface area contributed by atoms with Crippen LogP contribution in [0.5, 0.6) is 0 Å². The van der Waals surface area contributed by atoms with E-state index in [1.165, 1.54) is 12.3 Å². The fraction of sp³-hybridized carbons (Fsp3) is 0.250. The Bertz CT molecular complexity index is 638. The third-order valence-electron chi connectivity index (χ3n) is 2.86. The van der Waals surface area contributed by atoms with Gasteiger partial charge >= 0.3 is 0 Å². The van der Waals surface area contributed by atoms with Crippen molar-refractivity contribution < 1.29 is 9.18 Å². The highest BCUT2D eigenvalue weighted by Crippen LogP contribution is 2.23. The minimum atomic E-state index is -0.312. The Kier molecular flexibility index (Phi) is 4.13. The van der Waals surface area contributed by atoms with Gasteiger partial charge in [0.1, 0.15) is 5.82 Å². The highest BCUT2D eigenvalue weighted by molar-refractivity contribution is 5.95. The van der Waals surface area contributed by atoms with Crippen LogP contribution < -0.4 is 5.32 Å². The molecule has 0 spiro atoms. The van der Waals surface area contributed by atoms with E-state index in [-0.39, 0.29) is 17.8 Å². The predicted molar refractivity (Wildman–Crippen MR) is 77.0 cm³/mol. The van der Waals surface area contributed by atoms with Crippen LogP contribution >= 0.6 is 0 Å². The van der Waals surface area contributed by atoms with Gasteiger partial charge in [0, 0.05) is 29.6 Å². The van der Waals surface area contributed by atoms with Gasteiger partial charge in [-0.2, -0.15) is 0 Å². The largest absolute Gasteiger partial charge is 0.350 e. The molecule has 1 heterocycles. The third kappa shape index (κ3) is 3.20. The number of amides is 1. The first-order chi connectivity index (χ1) is 9.47. The summed E-state index contributed by atoms with van der Waals surface area (Å²) < 4.78 is 14.0. The highest BCUT2D eigenvalue weighted by atomic mass is 19.1. The lowest BCUT2D eigenvalue weighted by Gasteiger charge is -2.09. The fourth-order valence-electron chi connectivity index (χ4n) is 1.91. The van der Waals surface area contributed by atoms with Crippen molar-refractivity contribution in [2.24, 2.45) is 0 Å².